The lowest BCUT2D eigenvalue weighted by molar-refractivity contribution is 0.0991. The number of hydrogen-bond acceptors (Lipinski definition) is 6. The van der Waals surface area contributed by atoms with Gasteiger partial charge in [0.15, 0.2) is 5.76 Å². The summed E-state index contributed by atoms with van der Waals surface area (Å²) < 4.78 is 30.8. The van der Waals surface area contributed by atoms with Gasteiger partial charge in [0.05, 0.1) is 0 Å². The molecule has 0 radical (unpaired) electrons. The van der Waals surface area contributed by atoms with E-state index in [0.717, 1.165) is 39.3 Å². The minimum absolute atomic E-state index is 0.0683. The molecule has 33 heavy (non-hydrogen) atoms. The summed E-state index contributed by atoms with van der Waals surface area (Å²) in [5, 5.41) is 2.44. The van der Waals surface area contributed by atoms with Crippen LogP contribution in [0.3, 0.4) is 0 Å². The first kappa shape index (κ1) is 23.2. The molecule has 3 aromatic rings. The van der Waals surface area contributed by atoms with Crippen LogP contribution >= 0.6 is 0 Å². The number of nitrogens with zero attached hydrogens (tertiary/aromatic N) is 2. The Morgan fingerprint density at radius 1 is 0.848 bits per heavy atom. The third-order valence-corrected chi connectivity index (χ3v) is 6.96. The van der Waals surface area contributed by atoms with E-state index in [1.807, 2.05) is 30.3 Å². The molecule has 2 aromatic carbocycles. The molecule has 4 rings (SSSR count). The summed E-state index contributed by atoms with van der Waals surface area (Å²) in [6, 6.07) is 20.8. The van der Waals surface area contributed by atoms with Gasteiger partial charge in [0.2, 0.25) is 5.09 Å². The van der Waals surface area contributed by atoms with Crippen LogP contribution in [0.2, 0.25) is 0 Å². The predicted molar refractivity (Wildman–Crippen MR) is 126 cm³/mol. The van der Waals surface area contributed by atoms with E-state index in [2.05, 4.69) is 44.1 Å². The maximum Gasteiger partial charge on any atom is 0.291 e. The molecule has 1 aliphatic heterocycles. The number of carbonyl (C=O) groups excluding carboxylic acids is 1. The van der Waals surface area contributed by atoms with Gasteiger partial charge in [-0.15, -0.1) is 0 Å². The number of carbonyl (C=O) groups is 1. The van der Waals surface area contributed by atoms with Gasteiger partial charge in [-0.2, -0.15) is 0 Å². The zero-order chi connectivity index (χ0) is 23.3. The van der Waals surface area contributed by atoms with E-state index >= 15 is 0 Å². The van der Waals surface area contributed by atoms with Gasteiger partial charge in [-0.3, -0.25) is 14.6 Å². The average molecular weight is 469 g/mol. The fourth-order valence-corrected chi connectivity index (χ4v) is 4.43. The number of nitrogens with one attached hydrogen (secondary N) is 2. The van der Waals surface area contributed by atoms with E-state index < -0.39 is 15.9 Å². The van der Waals surface area contributed by atoms with Crippen LogP contribution in [-0.4, -0.2) is 57.4 Å². The van der Waals surface area contributed by atoms with Gasteiger partial charge < -0.3 is 9.73 Å². The topological polar surface area (TPSA) is 94.9 Å². The summed E-state index contributed by atoms with van der Waals surface area (Å²) in [7, 11) is -2.45. The summed E-state index contributed by atoms with van der Waals surface area (Å²) >= 11 is 0. The van der Waals surface area contributed by atoms with Gasteiger partial charge in [0.1, 0.15) is 0 Å². The molecule has 0 atom stereocenters. The average Bonchev–Trinajstić information content (AvgIpc) is 3.34. The van der Waals surface area contributed by atoms with E-state index in [0.29, 0.717) is 5.69 Å². The monoisotopic (exact) mass is 468 g/mol. The number of piperazine rings is 1. The molecule has 2 heterocycles. The van der Waals surface area contributed by atoms with Crippen LogP contribution in [0.1, 0.15) is 21.7 Å². The predicted octanol–water partition coefficient (Wildman–Crippen LogP) is 2.76. The maximum atomic E-state index is 12.4. The van der Waals surface area contributed by atoms with Gasteiger partial charge in [-0.25, -0.2) is 13.1 Å². The molecule has 2 N–H and O–H groups in total. The molecule has 174 valence electrons. The fraction of sp³-hybridized carbons (Fsp3) is 0.292. The Hall–Kier alpha value is -2.98. The minimum atomic E-state index is -3.73. The molecule has 0 bridgehead atoms. The molecular formula is C24H28N4O4S. The Balaban J connectivity index is 1.26. The summed E-state index contributed by atoms with van der Waals surface area (Å²) in [5.41, 5.74) is 3.13. The van der Waals surface area contributed by atoms with Crippen molar-refractivity contribution >= 4 is 21.6 Å². The van der Waals surface area contributed by atoms with E-state index in [1.165, 1.54) is 30.3 Å². The highest BCUT2D eigenvalue weighted by atomic mass is 32.2. The second-order valence-electron chi connectivity index (χ2n) is 8.02. The van der Waals surface area contributed by atoms with Crippen molar-refractivity contribution in [3.05, 3.63) is 83.6 Å². The third kappa shape index (κ3) is 6.08. The molecule has 8 nitrogen and oxygen atoms in total. The number of rotatable bonds is 8. The first-order valence-electron chi connectivity index (χ1n) is 10.9. The van der Waals surface area contributed by atoms with Crippen molar-refractivity contribution in [3.63, 3.8) is 0 Å². The standard InChI is InChI=1S/C24H28N4O4S/c1-25-33(30,31)23-12-11-22(32-23)24(29)26-21-9-7-20(8-10-21)18-28-15-13-27(14-16-28)17-19-5-3-2-4-6-19/h2-12,25H,13-18H2,1H3,(H,26,29). The fourth-order valence-electron chi connectivity index (χ4n) is 3.78. The number of benzene rings is 2. The molecule has 9 heteroatoms. The number of anilines is 1. The highest BCUT2D eigenvalue weighted by Gasteiger charge is 2.20. The molecule has 0 saturated carbocycles. The first-order valence-corrected chi connectivity index (χ1v) is 12.3. The Labute approximate surface area is 194 Å². The first-order chi connectivity index (χ1) is 15.9. The summed E-state index contributed by atoms with van der Waals surface area (Å²) in [5.74, 6) is -0.573. The Kier molecular flexibility index (Phi) is 7.24. The van der Waals surface area contributed by atoms with Crippen molar-refractivity contribution in [3.8, 4) is 0 Å². The molecule has 0 spiro atoms. The lowest BCUT2D eigenvalue weighted by atomic mass is 10.1. The van der Waals surface area contributed by atoms with E-state index in [1.54, 1.807) is 0 Å². The largest absolute Gasteiger partial charge is 0.438 e. The number of furan rings is 1. The summed E-state index contributed by atoms with van der Waals surface area (Å²) in [6.45, 7) is 5.95. The normalized spacial score (nSPS) is 15.4. The van der Waals surface area contributed by atoms with Crippen molar-refractivity contribution in [1.29, 1.82) is 0 Å². The molecule has 0 unspecified atom stereocenters. The van der Waals surface area contributed by atoms with Crippen LogP contribution in [0.15, 0.2) is 76.2 Å². The quantitative estimate of drug-likeness (QED) is 0.528. The van der Waals surface area contributed by atoms with E-state index in [9.17, 15) is 13.2 Å². The molecule has 1 saturated heterocycles. The highest BCUT2D eigenvalue weighted by molar-refractivity contribution is 7.89. The Bertz CT molecular complexity index is 1170. The van der Waals surface area contributed by atoms with Gasteiger partial charge in [0.25, 0.3) is 15.9 Å². The summed E-state index contributed by atoms with van der Waals surface area (Å²) in [6.07, 6.45) is 0. The van der Waals surface area contributed by atoms with Gasteiger partial charge >= 0.3 is 0 Å². The van der Waals surface area contributed by atoms with Gasteiger partial charge in [0, 0.05) is 45.0 Å². The lowest BCUT2D eigenvalue weighted by Gasteiger charge is -2.34. The van der Waals surface area contributed by atoms with E-state index in [4.69, 9.17) is 4.42 Å². The van der Waals surface area contributed by atoms with Crippen molar-refractivity contribution in [2.24, 2.45) is 0 Å². The number of sulfonamides is 1. The van der Waals surface area contributed by atoms with Crippen molar-refractivity contribution in [2.75, 3.05) is 38.5 Å². The van der Waals surface area contributed by atoms with Gasteiger partial charge in [-0.05, 0) is 42.4 Å². The molecule has 1 amide bonds. The SMILES string of the molecule is CNS(=O)(=O)c1ccc(C(=O)Nc2ccc(CN3CCN(Cc4ccccc4)CC3)cc2)o1. The summed E-state index contributed by atoms with van der Waals surface area (Å²) in [4.78, 5) is 17.3. The smallest absolute Gasteiger partial charge is 0.291 e. The van der Waals surface area contributed by atoms with Crippen LogP contribution < -0.4 is 10.0 Å². The van der Waals surface area contributed by atoms with E-state index in [-0.39, 0.29) is 10.9 Å². The highest BCUT2D eigenvalue weighted by Crippen LogP contribution is 2.17. The maximum absolute atomic E-state index is 12.4. The molecule has 1 aliphatic rings. The van der Waals surface area contributed by atoms with Crippen molar-refractivity contribution in [1.82, 2.24) is 14.5 Å². The van der Waals surface area contributed by atoms with Crippen LogP contribution in [0.25, 0.3) is 0 Å². The zero-order valence-corrected chi connectivity index (χ0v) is 19.3. The Morgan fingerprint density at radius 3 is 2.00 bits per heavy atom. The van der Waals surface area contributed by atoms with Gasteiger partial charge in [-0.1, -0.05) is 42.5 Å². The van der Waals surface area contributed by atoms with Crippen LogP contribution in [0, 0.1) is 0 Å². The van der Waals surface area contributed by atoms with Crippen LogP contribution in [0.4, 0.5) is 5.69 Å². The van der Waals surface area contributed by atoms with Crippen molar-refractivity contribution in [2.45, 2.75) is 18.2 Å². The molecule has 0 aliphatic carbocycles. The van der Waals surface area contributed by atoms with Crippen molar-refractivity contribution < 1.29 is 17.6 Å². The third-order valence-electron chi connectivity index (χ3n) is 5.67. The zero-order valence-electron chi connectivity index (χ0n) is 18.5. The molecule has 1 fully saturated rings. The van der Waals surface area contributed by atoms with Crippen LogP contribution in [0.5, 0.6) is 0 Å². The second kappa shape index (κ2) is 10.3. The minimum Gasteiger partial charge on any atom is -0.438 e. The molecule has 1 aromatic heterocycles. The molecular weight excluding hydrogens is 440 g/mol. The van der Waals surface area contributed by atoms with Crippen LogP contribution in [-0.2, 0) is 23.1 Å². The number of hydrogen-bond donors (Lipinski definition) is 2. The second-order valence-corrected chi connectivity index (χ2v) is 9.83. The lowest BCUT2D eigenvalue weighted by Crippen LogP contribution is -2.45. The number of amides is 1. The Morgan fingerprint density at radius 2 is 1.42 bits per heavy atom.